The van der Waals surface area contributed by atoms with Gasteiger partial charge in [-0.2, -0.15) is 4.98 Å². The van der Waals surface area contributed by atoms with Gasteiger partial charge in [-0.15, -0.1) is 0 Å². The average Bonchev–Trinajstić information content (AvgIpc) is 3.04. The SMILES string of the molecule is C=CC(=O)Nc1ccc(CCn2c(=O)c(-c3cc(OC)cc(OC)c3Cl)cc3cnc(NCCN4C[C@@H](C)N[C@@H](C)C4)nc32)cc1. The molecule has 0 spiro atoms. The standard InChI is InChI=1S/C34H40ClN7O4/c1-6-30(43)39-25-9-7-23(8-10-25)11-13-42-32-24(15-28(33(42)44)27-16-26(45-4)17-29(46-5)31(27)35)18-37-34(40-32)36-12-14-41-19-21(2)38-22(3)20-41/h6-10,15-18,21-22,38H,1,11-14,19-20H2,2-5H3,(H,39,43)(H,36,37,40)/t21-,22+. The van der Waals surface area contributed by atoms with Crippen molar-refractivity contribution >= 4 is 40.2 Å². The smallest absolute Gasteiger partial charge is 0.260 e. The number of pyridine rings is 1. The first-order valence-corrected chi connectivity index (χ1v) is 15.6. The summed E-state index contributed by atoms with van der Waals surface area (Å²) < 4.78 is 12.6. The van der Waals surface area contributed by atoms with Crippen LogP contribution in [0.3, 0.4) is 0 Å². The summed E-state index contributed by atoms with van der Waals surface area (Å²) in [5.41, 5.74) is 2.76. The van der Waals surface area contributed by atoms with Gasteiger partial charge in [-0.25, -0.2) is 4.98 Å². The van der Waals surface area contributed by atoms with Crippen LogP contribution in [0, 0.1) is 0 Å². The molecule has 2 aromatic heterocycles. The highest BCUT2D eigenvalue weighted by molar-refractivity contribution is 6.35. The minimum absolute atomic E-state index is 0.256. The molecular weight excluding hydrogens is 606 g/mol. The number of ether oxygens (including phenoxy) is 2. The molecule has 4 aromatic rings. The number of aryl methyl sites for hydroxylation is 2. The van der Waals surface area contributed by atoms with Gasteiger partial charge in [0.2, 0.25) is 11.9 Å². The van der Waals surface area contributed by atoms with E-state index in [0.717, 1.165) is 25.2 Å². The van der Waals surface area contributed by atoms with E-state index in [1.807, 2.05) is 24.3 Å². The molecule has 3 N–H and O–H groups in total. The zero-order valence-electron chi connectivity index (χ0n) is 26.6. The van der Waals surface area contributed by atoms with Crippen LogP contribution in [0.15, 0.2) is 66.1 Å². The number of benzene rings is 2. The Morgan fingerprint density at radius 1 is 1.09 bits per heavy atom. The molecule has 12 heteroatoms. The molecule has 242 valence electrons. The number of rotatable bonds is 12. The Bertz CT molecular complexity index is 1770. The van der Waals surface area contributed by atoms with Crippen LogP contribution in [0.25, 0.3) is 22.2 Å². The first-order chi connectivity index (χ1) is 22.2. The van der Waals surface area contributed by atoms with E-state index in [1.54, 1.807) is 36.1 Å². The number of hydrogen-bond acceptors (Lipinski definition) is 9. The predicted molar refractivity (Wildman–Crippen MR) is 183 cm³/mol. The number of nitrogens with one attached hydrogen (secondary N) is 3. The van der Waals surface area contributed by atoms with Crippen LogP contribution in [0.5, 0.6) is 11.5 Å². The monoisotopic (exact) mass is 645 g/mol. The third kappa shape index (κ3) is 7.67. The molecule has 0 saturated carbocycles. The molecule has 2 aromatic carbocycles. The van der Waals surface area contributed by atoms with E-state index in [-0.39, 0.29) is 11.5 Å². The highest BCUT2D eigenvalue weighted by atomic mass is 35.5. The third-order valence-corrected chi connectivity index (χ3v) is 8.35. The lowest BCUT2D eigenvalue weighted by atomic mass is 10.0. The molecule has 46 heavy (non-hydrogen) atoms. The molecule has 0 radical (unpaired) electrons. The topological polar surface area (TPSA) is 123 Å². The second kappa shape index (κ2) is 14.8. The molecule has 2 atom stereocenters. The van der Waals surface area contributed by atoms with Crippen molar-refractivity contribution in [3.8, 4) is 22.6 Å². The van der Waals surface area contributed by atoms with Crippen LogP contribution in [0.4, 0.5) is 11.6 Å². The summed E-state index contributed by atoms with van der Waals surface area (Å²) in [6.45, 7) is 11.7. The van der Waals surface area contributed by atoms with Gasteiger partial charge in [0.05, 0.1) is 19.2 Å². The molecule has 11 nitrogen and oxygen atoms in total. The van der Waals surface area contributed by atoms with Gasteiger partial charge in [0.25, 0.3) is 5.56 Å². The number of carbonyl (C=O) groups excluding carboxylic acids is 1. The van der Waals surface area contributed by atoms with Crippen molar-refractivity contribution in [3.63, 3.8) is 0 Å². The number of anilines is 2. The van der Waals surface area contributed by atoms with E-state index in [4.69, 9.17) is 26.1 Å². The predicted octanol–water partition coefficient (Wildman–Crippen LogP) is 4.59. The van der Waals surface area contributed by atoms with E-state index in [2.05, 4.69) is 46.3 Å². The molecule has 0 aliphatic carbocycles. The van der Waals surface area contributed by atoms with Gasteiger partial charge in [0.15, 0.2) is 0 Å². The number of aromatic nitrogens is 3. The maximum atomic E-state index is 14.2. The Morgan fingerprint density at radius 3 is 2.50 bits per heavy atom. The number of piperazine rings is 1. The quantitative estimate of drug-likeness (QED) is 0.190. The van der Waals surface area contributed by atoms with Crippen molar-refractivity contribution in [2.24, 2.45) is 0 Å². The summed E-state index contributed by atoms with van der Waals surface area (Å²) in [5.74, 6) is 1.08. The van der Waals surface area contributed by atoms with Gasteiger partial charge in [-0.05, 0) is 56.2 Å². The fraction of sp³-hybridized carbons (Fsp3) is 0.353. The van der Waals surface area contributed by atoms with Crippen molar-refractivity contribution in [3.05, 3.63) is 82.3 Å². The molecule has 1 saturated heterocycles. The van der Waals surface area contributed by atoms with E-state index in [0.29, 0.717) is 81.9 Å². The Morgan fingerprint density at radius 2 is 1.83 bits per heavy atom. The van der Waals surface area contributed by atoms with E-state index < -0.39 is 0 Å². The Kier molecular flexibility index (Phi) is 10.6. The zero-order chi connectivity index (χ0) is 32.8. The Hall–Kier alpha value is -4.45. The molecule has 1 amide bonds. The first-order valence-electron chi connectivity index (χ1n) is 15.3. The molecule has 0 unspecified atom stereocenters. The third-order valence-electron chi connectivity index (χ3n) is 7.96. The number of amides is 1. The molecule has 1 aliphatic heterocycles. The lowest BCUT2D eigenvalue weighted by molar-refractivity contribution is -0.111. The zero-order valence-corrected chi connectivity index (χ0v) is 27.4. The summed E-state index contributed by atoms with van der Waals surface area (Å²) in [4.78, 5) is 37.7. The lowest BCUT2D eigenvalue weighted by Gasteiger charge is -2.36. The van der Waals surface area contributed by atoms with Crippen LogP contribution in [-0.4, -0.2) is 77.8 Å². The Balaban J connectivity index is 1.48. The van der Waals surface area contributed by atoms with E-state index in [9.17, 15) is 9.59 Å². The number of hydrogen-bond donors (Lipinski definition) is 3. The van der Waals surface area contributed by atoms with E-state index >= 15 is 0 Å². The Labute approximate surface area is 273 Å². The normalized spacial score (nSPS) is 16.6. The number of halogens is 1. The minimum atomic E-state index is -0.281. The van der Waals surface area contributed by atoms with E-state index in [1.165, 1.54) is 13.2 Å². The highest BCUT2D eigenvalue weighted by Gasteiger charge is 2.21. The number of fused-ring (bicyclic) bond motifs is 1. The summed E-state index contributed by atoms with van der Waals surface area (Å²) in [5, 5.41) is 10.6. The van der Waals surface area contributed by atoms with Crippen LogP contribution in [0.2, 0.25) is 5.02 Å². The van der Waals surface area contributed by atoms with Gasteiger partial charge in [-0.1, -0.05) is 30.3 Å². The number of carbonyl (C=O) groups is 1. The second-order valence-corrected chi connectivity index (χ2v) is 11.9. The summed E-state index contributed by atoms with van der Waals surface area (Å²) in [6.07, 6.45) is 3.48. The van der Waals surface area contributed by atoms with Gasteiger partial charge >= 0.3 is 0 Å². The van der Waals surface area contributed by atoms with Crippen molar-refractivity contribution in [2.45, 2.75) is 38.9 Å². The molecule has 1 fully saturated rings. The first kappa shape index (κ1) is 32.9. The summed E-state index contributed by atoms with van der Waals surface area (Å²) in [6, 6.07) is 13.5. The number of methoxy groups -OCH3 is 2. The number of nitrogens with zero attached hydrogens (tertiary/aromatic N) is 4. The molecule has 3 heterocycles. The van der Waals surface area contributed by atoms with Crippen molar-refractivity contribution in [1.29, 1.82) is 0 Å². The van der Waals surface area contributed by atoms with Crippen LogP contribution in [0.1, 0.15) is 19.4 Å². The minimum Gasteiger partial charge on any atom is -0.497 e. The molecule has 0 bridgehead atoms. The fourth-order valence-corrected chi connectivity index (χ4v) is 6.11. The van der Waals surface area contributed by atoms with Gasteiger partial charge in [0, 0.05) is 79.3 Å². The van der Waals surface area contributed by atoms with Gasteiger partial charge in [0.1, 0.15) is 17.1 Å². The average molecular weight is 646 g/mol. The van der Waals surface area contributed by atoms with Crippen LogP contribution < -0.4 is 31.0 Å². The molecular formula is C34H40ClN7O4. The van der Waals surface area contributed by atoms with Gasteiger partial charge < -0.3 is 25.4 Å². The van der Waals surface area contributed by atoms with Crippen molar-refractivity contribution in [1.82, 2.24) is 24.8 Å². The summed E-state index contributed by atoms with van der Waals surface area (Å²) in [7, 11) is 3.06. The van der Waals surface area contributed by atoms with Crippen molar-refractivity contribution in [2.75, 3.05) is 51.0 Å². The van der Waals surface area contributed by atoms with Crippen molar-refractivity contribution < 1.29 is 14.3 Å². The summed E-state index contributed by atoms with van der Waals surface area (Å²) >= 11 is 6.73. The van der Waals surface area contributed by atoms with Crippen LogP contribution >= 0.6 is 11.6 Å². The largest absolute Gasteiger partial charge is 0.497 e. The molecule has 1 aliphatic rings. The maximum absolute atomic E-state index is 14.2. The lowest BCUT2D eigenvalue weighted by Crippen LogP contribution is -2.54. The second-order valence-electron chi connectivity index (χ2n) is 11.5. The van der Waals surface area contributed by atoms with Crippen LogP contribution in [-0.2, 0) is 17.8 Å². The highest BCUT2D eigenvalue weighted by Crippen LogP contribution is 2.38. The fourth-order valence-electron chi connectivity index (χ4n) is 5.82. The van der Waals surface area contributed by atoms with Gasteiger partial charge in [-0.3, -0.25) is 19.1 Å². The maximum Gasteiger partial charge on any atom is 0.260 e. The molecule has 5 rings (SSSR count).